The van der Waals surface area contributed by atoms with Crippen LogP contribution in [0.5, 0.6) is 11.5 Å². The van der Waals surface area contributed by atoms with E-state index in [0.29, 0.717) is 22.4 Å². The highest BCUT2D eigenvalue weighted by atomic mass is 32.2. The molecule has 2 N–H and O–H groups in total. The highest BCUT2D eigenvalue weighted by Gasteiger charge is 2.23. The van der Waals surface area contributed by atoms with Gasteiger partial charge >= 0.3 is 0 Å². The Balaban J connectivity index is 1.41. The minimum atomic E-state index is -0.183. The maximum Gasteiger partial charge on any atom is 0.264 e. The van der Waals surface area contributed by atoms with Gasteiger partial charge in [0.15, 0.2) is 5.17 Å². The normalized spacial score (nSPS) is 16.2. The number of phenolic OH excluding ortho intramolecular Hbond substituents is 1. The first-order valence-electron chi connectivity index (χ1n) is 9.01. The average molecular weight is 402 g/mol. The van der Waals surface area contributed by atoms with E-state index in [2.05, 4.69) is 10.3 Å². The number of thioether (sulfide) groups is 1. The third kappa shape index (κ3) is 5.06. The van der Waals surface area contributed by atoms with E-state index in [1.807, 2.05) is 60.7 Å². The highest BCUT2D eigenvalue weighted by molar-refractivity contribution is 8.18. The van der Waals surface area contributed by atoms with Gasteiger partial charge in [0, 0.05) is 0 Å². The van der Waals surface area contributed by atoms with Crippen LogP contribution < -0.4 is 10.1 Å². The van der Waals surface area contributed by atoms with E-state index < -0.39 is 0 Å². The Morgan fingerprint density at radius 1 is 0.966 bits per heavy atom. The van der Waals surface area contributed by atoms with Crippen molar-refractivity contribution < 1.29 is 14.6 Å². The van der Waals surface area contributed by atoms with Crippen molar-refractivity contribution in [3.05, 3.63) is 94.9 Å². The highest BCUT2D eigenvalue weighted by Crippen LogP contribution is 2.29. The predicted molar refractivity (Wildman–Crippen MR) is 116 cm³/mol. The van der Waals surface area contributed by atoms with Crippen LogP contribution in [0, 0.1) is 0 Å². The van der Waals surface area contributed by atoms with Gasteiger partial charge in [0.25, 0.3) is 5.91 Å². The Kier molecular flexibility index (Phi) is 5.63. The van der Waals surface area contributed by atoms with E-state index in [4.69, 9.17) is 4.74 Å². The van der Waals surface area contributed by atoms with E-state index in [0.717, 1.165) is 16.9 Å². The summed E-state index contributed by atoms with van der Waals surface area (Å²) < 4.78 is 5.79. The van der Waals surface area contributed by atoms with Gasteiger partial charge in [0.05, 0.1) is 10.6 Å². The molecular weight excluding hydrogens is 384 g/mol. The van der Waals surface area contributed by atoms with Crippen molar-refractivity contribution in [2.24, 2.45) is 4.99 Å². The molecule has 1 aliphatic rings. The number of ether oxygens (including phenoxy) is 1. The first kappa shape index (κ1) is 18.8. The standard InChI is InChI=1S/C23H18N2O3S/c26-19-10-8-18(9-11-19)24-23-25-22(27)21(29-23)14-16-6-12-20(13-7-16)28-15-17-4-2-1-3-5-17/h1-14,26H,15H2,(H,24,25,27). The van der Waals surface area contributed by atoms with Crippen LogP contribution in [0.15, 0.2) is 88.8 Å². The zero-order valence-electron chi connectivity index (χ0n) is 15.4. The van der Waals surface area contributed by atoms with E-state index in [9.17, 15) is 9.90 Å². The fourth-order valence-electron chi connectivity index (χ4n) is 2.68. The first-order valence-corrected chi connectivity index (χ1v) is 9.83. The maximum atomic E-state index is 12.2. The number of benzene rings is 3. The third-order valence-electron chi connectivity index (χ3n) is 4.16. The molecule has 0 aromatic heterocycles. The number of hydrogen-bond donors (Lipinski definition) is 2. The van der Waals surface area contributed by atoms with E-state index in [1.54, 1.807) is 24.3 Å². The summed E-state index contributed by atoms with van der Waals surface area (Å²) >= 11 is 1.28. The fourth-order valence-corrected chi connectivity index (χ4v) is 3.52. The number of nitrogens with one attached hydrogen (secondary N) is 1. The molecule has 0 radical (unpaired) electrons. The maximum absolute atomic E-state index is 12.2. The molecule has 0 unspecified atom stereocenters. The molecule has 0 saturated carbocycles. The molecule has 0 aliphatic carbocycles. The quantitative estimate of drug-likeness (QED) is 0.598. The zero-order chi connectivity index (χ0) is 20.1. The molecular formula is C23H18N2O3S. The van der Waals surface area contributed by atoms with E-state index >= 15 is 0 Å². The van der Waals surface area contributed by atoms with Crippen molar-refractivity contribution in [1.82, 2.24) is 5.32 Å². The second-order valence-corrected chi connectivity index (χ2v) is 7.37. The minimum Gasteiger partial charge on any atom is -0.508 e. The summed E-state index contributed by atoms with van der Waals surface area (Å²) in [6, 6.07) is 24.1. The van der Waals surface area contributed by atoms with Gasteiger partial charge in [-0.25, -0.2) is 4.99 Å². The van der Waals surface area contributed by atoms with Crippen molar-refractivity contribution in [2.45, 2.75) is 6.61 Å². The van der Waals surface area contributed by atoms with Crippen molar-refractivity contribution in [1.29, 1.82) is 0 Å². The number of carbonyl (C=O) groups excluding carboxylic acids is 1. The lowest BCUT2D eigenvalue weighted by Gasteiger charge is -2.06. The van der Waals surface area contributed by atoms with Crippen LogP contribution >= 0.6 is 11.8 Å². The van der Waals surface area contributed by atoms with Gasteiger partial charge < -0.3 is 15.2 Å². The molecule has 3 aromatic rings. The summed E-state index contributed by atoms with van der Waals surface area (Å²) in [7, 11) is 0. The molecule has 1 saturated heterocycles. The summed E-state index contributed by atoms with van der Waals surface area (Å²) in [6.45, 7) is 0.511. The average Bonchev–Trinajstić information content (AvgIpc) is 3.08. The molecule has 0 bridgehead atoms. The van der Waals surface area contributed by atoms with Crippen molar-refractivity contribution >= 4 is 34.6 Å². The monoisotopic (exact) mass is 402 g/mol. The largest absolute Gasteiger partial charge is 0.508 e. The molecule has 1 aliphatic heterocycles. The Labute approximate surface area is 172 Å². The summed E-state index contributed by atoms with van der Waals surface area (Å²) in [6.07, 6.45) is 1.82. The Morgan fingerprint density at radius 3 is 2.41 bits per heavy atom. The zero-order valence-corrected chi connectivity index (χ0v) is 16.2. The Morgan fingerprint density at radius 2 is 1.69 bits per heavy atom. The molecule has 3 aromatic carbocycles. The molecule has 0 atom stereocenters. The van der Waals surface area contributed by atoms with Gasteiger partial charge in [-0.15, -0.1) is 0 Å². The minimum absolute atomic E-state index is 0.175. The molecule has 6 heteroatoms. The summed E-state index contributed by atoms with van der Waals surface area (Å²) in [4.78, 5) is 17.2. The van der Waals surface area contributed by atoms with Gasteiger partial charge in [0.1, 0.15) is 18.1 Å². The molecule has 144 valence electrons. The number of hydrogen-bond acceptors (Lipinski definition) is 5. The lowest BCUT2D eigenvalue weighted by molar-refractivity contribution is -0.115. The molecule has 1 fully saturated rings. The summed E-state index contributed by atoms with van der Waals surface area (Å²) in [5.74, 6) is 0.764. The third-order valence-corrected chi connectivity index (χ3v) is 5.07. The van der Waals surface area contributed by atoms with Crippen LogP contribution in [-0.4, -0.2) is 16.2 Å². The number of amides is 1. The molecule has 5 nitrogen and oxygen atoms in total. The molecule has 0 spiro atoms. The van der Waals surface area contributed by atoms with Crippen LogP contribution in [0.3, 0.4) is 0 Å². The van der Waals surface area contributed by atoms with E-state index in [1.165, 1.54) is 11.8 Å². The lowest BCUT2D eigenvalue weighted by Crippen LogP contribution is -2.19. The Hall–Kier alpha value is -3.51. The van der Waals surface area contributed by atoms with Crippen LogP contribution in [0.4, 0.5) is 5.69 Å². The lowest BCUT2D eigenvalue weighted by atomic mass is 10.2. The number of rotatable bonds is 5. The van der Waals surface area contributed by atoms with Crippen molar-refractivity contribution in [2.75, 3.05) is 0 Å². The molecule has 29 heavy (non-hydrogen) atoms. The smallest absolute Gasteiger partial charge is 0.264 e. The first-order chi connectivity index (χ1) is 14.2. The van der Waals surface area contributed by atoms with Gasteiger partial charge in [0.2, 0.25) is 0 Å². The topological polar surface area (TPSA) is 70.9 Å². The second kappa shape index (κ2) is 8.67. The van der Waals surface area contributed by atoms with Gasteiger partial charge in [-0.3, -0.25) is 4.79 Å². The van der Waals surface area contributed by atoms with Gasteiger partial charge in [-0.2, -0.15) is 0 Å². The number of aromatic hydroxyl groups is 1. The number of phenols is 1. The Bertz CT molecular complexity index is 1060. The van der Waals surface area contributed by atoms with Crippen molar-refractivity contribution in [3.63, 3.8) is 0 Å². The van der Waals surface area contributed by atoms with Gasteiger partial charge in [-0.1, -0.05) is 42.5 Å². The van der Waals surface area contributed by atoms with Crippen LogP contribution in [0.25, 0.3) is 6.08 Å². The molecule has 4 rings (SSSR count). The number of aliphatic imine (C=N–C) groups is 1. The van der Waals surface area contributed by atoms with Crippen LogP contribution in [0.1, 0.15) is 11.1 Å². The summed E-state index contributed by atoms with van der Waals surface area (Å²) in [5, 5.41) is 12.6. The van der Waals surface area contributed by atoms with E-state index in [-0.39, 0.29) is 11.7 Å². The fraction of sp³-hybridized carbons (Fsp3) is 0.0435. The van der Waals surface area contributed by atoms with Crippen molar-refractivity contribution in [3.8, 4) is 11.5 Å². The number of nitrogens with zero attached hydrogens (tertiary/aromatic N) is 1. The SMILES string of the molecule is O=C1NC(=Nc2ccc(O)cc2)SC1=Cc1ccc(OCc2ccccc2)cc1. The number of amidine groups is 1. The molecule has 1 heterocycles. The van der Waals surface area contributed by atoms with Crippen LogP contribution in [-0.2, 0) is 11.4 Å². The number of carbonyl (C=O) groups is 1. The second-order valence-electron chi connectivity index (χ2n) is 6.34. The summed E-state index contributed by atoms with van der Waals surface area (Å²) in [5.41, 5.74) is 2.67. The predicted octanol–water partition coefficient (Wildman–Crippen LogP) is 4.86. The van der Waals surface area contributed by atoms with Crippen LogP contribution in [0.2, 0.25) is 0 Å². The molecule has 1 amide bonds. The van der Waals surface area contributed by atoms with Gasteiger partial charge in [-0.05, 0) is 65.4 Å².